The molecule has 3 aliphatic carbocycles. The molecular formula is C24H30N4O3. The van der Waals surface area contributed by atoms with Crippen LogP contribution in [0.25, 0.3) is 0 Å². The van der Waals surface area contributed by atoms with Gasteiger partial charge in [0.2, 0.25) is 11.8 Å². The quantitative estimate of drug-likeness (QED) is 0.634. The summed E-state index contributed by atoms with van der Waals surface area (Å²) in [6.45, 7) is 3.48. The van der Waals surface area contributed by atoms with Gasteiger partial charge in [0.25, 0.3) is 5.91 Å². The van der Waals surface area contributed by atoms with Gasteiger partial charge in [0, 0.05) is 31.1 Å². The molecule has 1 aromatic carbocycles. The number of fused-ring (bicyclic) bond motifs is 3. The molecule has 5 fully saturated rings. The Morgan fingerprint density at radius 1 is 1.03 bits per heavy atom. The maximum atomic E-state index is 13.3. The second-order valence-electron chi connectivity index (χ2n) is 10.1. The summed E-state index contributed by atoms with van der Waals surface area (Å²) in [5.74, 6) is 2.54. The molecule has 1 unspecified atom stereocenters. The fraction of sp³-hybridized carbons (Fsp3) is 0.625. The summed E-state index contributed by atoms with van der Waals surface area (Å²) in [4.78, 5) is 38.8. The van der Waals surface area contributed by atoms with Crippen molar-refractivity contribution in [1.82, 2.24) is 20.9 Å². The molecule has 7 rings (SSSR count). The summed E-state index contributed by atoms with van der Waals surface area (Å²) in [6.07, 6.45) is 4.62. The molecule has 1 aromatic rings. The Hall–Kier alpha value is -2.25. The number of nitrogens with one attached hydrogen (secondary N) is 3. The molecule has 6 atom stereocenters. The number of hydrogen-bond acceptors (Lipinski definition) is 5. The van der Waals surface area contributed by atoms with Gasteiger partial charge in [-0.3, -0.25) is 19.7 Å². The van der Waals surface area contributed by atoms with Gasteiger partial charge in [-0.15, -0.1) is 0 Å². The van der Waals surface area contributed by atoms with Crippen LogP contribution < -0.4 is 16.0 Å². The Morgan fingerprint density at radius 2 is 1.90 bits per heavy atom. The molecular weight excluding hydrogens is 392 g/mol. The zero-order valence-corrected chi connectivity index (χ0v) is 17.7. The van der Waals surface area contributed by atoms with E-state index in [0.717, 1.165) is 46.9 Å². The van der Waals surface area contributed by atoms with E-state index in [9.17, 15) is 14.4 Å². The molecule has 0 radical (unpaired) electrons. The molecule has 0 aromatic heterocycles. The Labute approximate surface area is 182 Å². The van der Waals surface area contributed by atoms with Crippen LogP contribution in [0.4, 0.5) is 0 Å². The molecule has 3 aliphatic heterocycles. The van der Waals surface area contributed by atoms with Crippen molar-refractivity contribution in [2.75, 3.05) is 13.1 Å². The van der Waals surface area contributed by atoms with E-state index in [1.165, 1.54) is 25.8 Å². The maximum absolute atomic E-state index is 13.3. The highest BCUT2D eigenvalue weighted by Crippen LogP contribution is 2.50. The van der Waals surface area contributed by atoms with Gasteiger partial charge in [-0.2, -0.15) is 0 Å². The Balaban J connectivity index is 1.18. The van der Waals surface area contributed by atoms with Gasteiger partial charge in [-0.25, -0.2) is 0 Å². The van der Waals surface area contributed by atoms with Gasteiger partial charge in [0.05, 0.1) is 0 Å². The Kier molecular flexibility index (Phi) is 4.65. The number of carbonyl (C=O) groups excluding carboxylic acids is 3. The molecule has 6 aliphatic rings. The van der Waals surface area contributed by atoms with E-state index in [1.54, 1.807) is 4.90 Å². The maximum Gasteiger partial charge on any atom is 0.255 e. The van der Waals surface area contributed by atoms with Crippen molar-refractivity contribution in [3.8, 4) is 0 Å². The number of amides is 3. The molecule has 0 spiro atoms. The largest absolute Gasteiger partial charge is 0.322 e. The van der Waals surface area contributed by atoms with Crippen LogP contribution >= 0.6 is 0 Å². The van der Waals surface area contributed by atoms with Crippen LogP contribution in [0.3, 0.4) is 0 Å². The van der Waals surface area contributed by atoms with Gasteiger partial charge in [0.1, 0.15) is 6.04 Å². The minimum atomic E-state index is -0.556. The third-order valence-corrected chi connectivity index (χ3v) is 8.60. The van der Waals surface area contributed by atoms with Gasteiger partial charge in [-0.1, -0.05) is 18.2 Å². The average molecular weight is 423 g/mol. The van der Waals surface area contributed by atoms with E-state index >= 15 is 0 Å². The van der Waals surface area contributed by atoms with Crippen LogP contribution in [0, 0.1) is 23.7 Å². The number of imide groups is 1. The van der Waals surface area contributed by atoms with Crippen molar-refractivity contribution in [2.24, 2.45) is 23.7 Å². The van der Waals surface area contributed by atoms with Crippen molar-refractivity contribution in [3.63, 3.8) is 0 Å². The average Bonchev–Trinajstić information content (AvgIpc) is 3.40. The first kappa shape index (κ1) is 19.4. The van der Waals surface area contributed by atoms with Crippen LogP contribution in [0.5, 0.6) is 0 Å². The van der Waals surface area contributed by atoms with E-state index in [-0.39, 0.29) is 24.1 Å². The van der Waals surface area contributed by atoms with Crippen LogP contribution in [0.15, 0.2) is 18.2 Å². The van der Waals surface area contributed by atoms with Crippen molar-refractivity contribution >= 4 is 17.7 Å². The number of carbonyl (C=O) groups is 3. The summed E-state index contributed by atoms with van der Waals surface area (Å²) in [5.41, 5.74) is 2.76. The number of nitrogens with zero attached hydrogens (tertiary/aromatic N) is 1. The van der Waals surface area contributed by atoms with Gasteiger partial charge >= 0.3 is 0 Å². The highest BCUT2D eigenvalue weighted by Gasteiger charge is 2.50. The first-order valence-corrected chi connectivity index (χ1v) is 11.8. The Bertz CT molecular complexity index is 947. The topological polar surface area (TPSA) is 90.5 Å². The number of rotatable bonds is 4. The first-order chi connectivity index (χ1) is 15.1. The highest BCUT2D eigenvalue weighted by molar-refractivity contribution is 6.05. The van der Waals surface area contributed by atoms with Crippen LogP contribution in [-0.4, -0.2) is 47.8 Å². The van der Waals surface area contributed by atoms with E-state index in [4.69, 9.17) is 0 Å². The molecule has 2 bridgehead atoms. The van der Waals surface area contributed by atoms with Crippen molar-refractivity contribution in [1.29, 1.82) is 0 Å². The normalized spacial score (nSPS) is 36.5. The molecule has 2 saturated heterocycles. The summed E-state index contributed by atoms with van der Waals surface area (Å²) in [7, 11) is 0. The monoisotopic (exact) mass is 422 g/mol. The van der Waals surface area contributed by atoms with Crippen LogP contribution in [0.1, 0.15) is 53.6 Å². The van der Waals surface area contributed by atoms with Gasteiger partial charge in [0.15, 0.2) is 0 Å². The lowest BCUT2D eigenvalue weighted by Gasteiger charge is -2.50. The smallest absolute Gasteiger partial charge is 0.255 e. The molecule has 3 heterocycles. The predicted octanol–water partition coefficient (Wildman–Crippen LogP) is 1.17. The summed E-state index contributed by atoms with van der Waals surface area (Å²) < 4.78 is 0. The zero-order chi connectivity index (χ0) is 21.1. The lowest BCUT2D eigenvalue weighted by atomic mass is 9.58. The van der Waals surface area contributed by atoms with Crippen LogP contribution in [-0.2, 0) is 22.7 Å². The third kappa shape index (κ3) is 3.12. The number of benzene rings is 1. The minimum Gasteiger partial charge on any atom is -0.322 e. The summed E-state index contributed by atoms with van der Waals surface area (Å²) in [5, 5.41) is 9.81. The molecule has 3 saturated carbocycles. The minimum absolute atomic E-state index is 0.0767. The van der Waals surface area contributed by atoms with Gasteiger partial charge in [-0.05, 0) is 73.6 Å². The SMILES string of the molecule is O=C1CCC(N2Cc3cccc(CN[C@@H]4C[C@H]5CC[C@@H]4[C@H]4CNC[C@@H]54)c3C2=O)C(=O)N1. The molecule has 164 valence electrons. The third-order valence-electron chi connectivity index (χ3n) is 8.60. The second kappa shape index (κ2) is 7.41. The summed E-state index contributed by atoms with van der Waals surface area (Å²) >= 11 is 0. The van der Waals surface area contributed by atoms with E-state index in [1.807, 2.05) is 18.2 Å². The molecule has 3 N–H and O–H groups in total. The van der Waals surface area contributed by atoms with E-state index in [2.05, 4.69) is 16.0 Å². The van der Waals surface area contributed by atoms with Crippen molar-refractivity contribution < 1.29 is 14.4 Å². The second-order valence-corrected chi connectivity index (χ2v) is 10.1. The highest BCUT2D eigenvalue weighted by atomic mass is 16.2. The standard InChI is InChI=1S/C24H30N4O3/c29-21-7-6-20(23(30)27-21)28-12-15-3-1-2-14(22(15)24(28)31)9-26-19-8-13-4-5-16(19)18-11-25-10-17(13)18/h1-3,13,16-20,25-26H,4-12H2,(H,27,29,30)/t13-,16-,17+,18-,19-,20?/m1/s1. The van der Waals surface area contributed by atoms with Crippen molar-refractivity contribution in [2.45, 2.75) is 57.3 Å². The molecule has 3 amide bonds. The van der Waals surface area contributed by atoms with Gasteiger partial charge < -0.3 is 15.5 Å². The fourth-order valence-electron chi connectivity index (χ4n) is 7.15. The van der Waals surface area contributed by atoms with Crippen molar-refractivity contribution in [3.05, 3.63) is 34.9 Å². The summed E-state index contributed by atoms with van der Waals surface area (Å²) in [6, 6.07) is 6.01. The van der Waals surface area contributed by atoms with E-state index in [0.29, 0.717) is 25.6 Å². The fourth-order valence-corrected chi connectivity index (χ4v) is 7.15. The lowest BCUT2D eigenvalue weighted by molar-refractivity contribution is -0.136. The number of piperidine rings is 1. The number of hydrogen-bond donors (Lipinski definition) is 3. The predicted molar refractivity (Wildman–Crippen MR) is 114 cm³/mol. The molecule has 31 heavy (non-hydrogen) atoms. The molecule has 7 nitrogen and oxygen atoms in total. The first-order valence-electron chi connectivity index (χ1n) is 11.8. The van der Waals surface area contributed by atoms with E-state index < -0.39 is 6.04 Å². The Morgan fingerprint density at radius 3 is 2.77 bits per heavy atom. The van der Waals surface area contributed by atoms with Crippen LogP contribution in [0.2, 0.25) is 0 Å². The molecule has 7 heteroatoms. The lowest BCUT2D eigenvalue weighted by Crippen LogP contribution is -2.53. The zero-order valence-electron chi connectivity index (χ0n) is 17.7.